The fraction of sp³-hybridized carbons (Fsp3) is 0.733. The van der Waals surface area contributed by atoms with E-state index in [4.69, 9.17) is 16.3 Å². The summed E-state index contributed by atoms with van der Waals surface area (Å²) in [7, 11) is 0. The Morgan fingerprint density at radius 1 is 1.18 bits per heavy atom. The molecule has 0 aromatic heterocycles. The maximum absolute atomic E-state index is 5.65. The van der Waals surface area contributed by atoms with Gasteiger partial charge >= 0.3 is 0 Å². The molecule has 0 amide bonds. The van der Waals surface area contributed by atoms with Gasteiger partial charge in [0.25, 0.3) is 0 Å². The average molecular weight is 257 g/mol. The fourth-order valence-electron chi connectivity index (χ4n) is 1.98. The minimum atomic E-state index is 0.139. The van der Waals surface area contributed by atoms with Crippen LogP contribution in [0.2, 0.25) is 0 Å². The lowest BCUT2D eigenvalue weighted by Crippen LogP contribution is -2.02. The molecule has 2 heteroatoms. The Morgan fingerprint density at radius 2 is 1.76 bits per heavy atom. The fourth-order valence-corrected chi connectivity index (χ4v) is 2.24. The predicted molar refractivity (Wildman–Crippen MR) is 75.7 cm³/mol. The minimum Gasteiger partial charge on any atom is -0.367 e. The van der Waals surface area contributed by atoms with E-state index in [1.165, 1.54) is 11.1 Å². The molecule has 0 N–H and O–H groups in total. The first kappa shape index (κ1) is 14.8. The van der Waals surface area contributed by atoms with Gasteiger partial charge in [-0.05, 0) is 53.4 Å². The molecule has 17 heavy (non-hydrogen) atoms. The van der Waals surface area contributed by atoms with Gasteiger partial charge in [-0.1, -0.05) is 23.3 Å². The highest BCUT2D eigenvalue weighted by Gasteiger charge is 2.46. The van der Waals surface area contributed by atoms with Crippen LogP contribution in [0.4, 0.5) is 0 Å². The van der Waals surface area contributed by atoms with Gasteiger partial charge in [0.05, 0.1) is 11.7 Å². The number of hydrogen-bond acceptors (Lipinski definition) is 1. The molecule has 98 valence electrons. The van der Waals surface area contributed by atoms with Crippen molar-refractivity contribution in [1.29, 1.82) is 0 Å². The maximum Gasteiger partial charge on any atom is 0.0892 e. The predicted octanol–water partition coefficient (Wildman–Crippen LogP) is 4.86. The second kappa shape index (κ2) is 6.61. The highest BCUT2D eigenvalue weighted by atomic mass is 35.5. The Balaban J connectivity index is 2.15. The van der Waals surface area contributed by atoms with E-state index in [1.807, 2.05) is 0 Å². The topological polar surface area (TPSA) is 12.5 Å². The van der Waals surface area contributed by atoms with Crippen molar-refractivity contribution < 1.29 is 4.74 Å². The Kier molecular flexibility index (Phi) is 5.75. The first-order valence-electron chi connectivity index (χ1n) is 6.50. The van der Waals surface area contributed by atoms with Crippen molar-refractivity contribution in [3.63, 3.8) is 0 Å². The quantitative estimate of drug-likeness (QED) is 0.360. The van der Waals surface area contributed by atoms with Gasteiger partial charge in [-0.3, -0.25) is 0 Å². The highest BCUT2D eigenvalue weighted by Crippen LogP contribution is 2.38. The number of epoxide rings is 1. The molecule has 1 nitrogen and oxygen atoms in total. The first-order valence-corrected chi connectivity index (χ1v) is 7.04. The Bertz CT molecular complexity index is 302. The second-order valence-corrected chi connectivity index (χ2v) is 5.85. The molecular weight excluding hydrogens is 232 g/mol. The van der Waals surface area contributed by atoms with Crippen LogP contribution in [0.15, 0.2) is 23.3 Å². The van der Waals surface area contributed by atoms with E-state index < -0.39 is 0 Å². The van der Waals surface area contributed by atoms with Crippen LogP contribution in [0, 0.1) is 0 Å². The molecule has 1 atom stereocenters. The van der Waals surface area contributed by atoms with Crippen molar-refractivity contribution in [2.24, 2.45) is 0 Å². The van der Waals surface area contributed by atoms with Gasteiger partial charge in [0.2, 0.25) is 0 Å². The van der Waals surface area contributed by atoms with Gasteiger partial charge in [-0.2, -0.15) is 0 Å². The van der Waals surface area contributed by atoms with Crippen molar-refractivity contribution in [2.45, 2.75) is 65.1 Å². The largest absolute Gasteiger partial charge is 0.367 e. The van der Waals surface area contributed by atoms with E-state index in [0.29, 0.717) is 12.0 Å². The summed E-state index contributed by atoms with van der Waals surface area (Å²) in [5.41, 5.74) is 3.01. The summed E-state index contributed by atoms with van der Waals surface area (Å²) in [4.78, 5) is 0. The standard InChI is InChI=1S/C15H25ClO/c1-12(6-5-7-13(2)10-11-16)8-9-14-15(3,4)17-14/h6,10,14H,5,7-9,11H2,1-4H3/b12-6+,13-10+/t14-/m1/s1. The number of ether oxygens (including phenoxy) is 1. The lowest BCUT2D eigenvalue weighted by Gasteiger charge is -2.01. The molecule has 0 spiro atoms. The van der Waals surface area contributed by atoms with Crippen molar-refractivity contribution in [3.8, 4) is 0 Å². The summed E-state index contributed by atoms with van der Waals surface area (Å²) in [5, 5.41) is 0. The van der Waals surface area contributed by atoms with Gasteiger partial charge < -0.3 is 4.74 Å². The summed E-state index contributed by atoms with van der Waals surface area (Å²) in [5.74, 6) is 0.628. The monoisotopic (exact) mass is 256 g/mol. The molecule has 1 fully saturated rings. The van der Waals surface area contributed by atoms with Gasteiger partial charge in [0.15, 0.2) is 0 Å². The summed E-state index contributed by atoms with van der Waals surface area (Å²) in [6.07, 6.45) is 9.48. The van der Waals surface area contributed by atoms with E-state index >= 15 is 0 Å². The second-order valence-electron chi connectivity index (χ2n) is 5.54. The van der Waals surface area contributed by atoms with Crippen LogP contribution in [-0.2, 0) is 4.74 Å². The molecule has 0 aliphatic carbocycles. The van der Waals surface area contributed by atoms with Crippen LogP contribution < -0.4 is 0 Å². The molecule has 1 aliphatic heterocycles. The van der Waals surface area contributed by atoms with Crippen molar-refractivity contribution in [3.05, 3.63) is 23.3 Å². The normalized spacial score (nSPS) is 23.9. The first-order chi connectivity index (χ1) is 7.95. The number of alkyl halides is 1. The van der Waals surface area contributed by atoms with E-state index in [2.05, 4.69) is 39.8 Å². The van der Waals surface area contributed by atoms with Gasteiger partial charge in [-0.15, -0.1) is 11.6 Å². The molecule has 1 heterocycles. The zero-order valence-electron chi connectivity index (χ0n) is 11.6. The van der Waals surface area contributed by atoms with Crippen LogP contribution in [0.25, 0.3) is 0 Å². The van der Waals surface area contributed by atoms with Crippen LogP contribution in [0.1, 0.15) is 53.4 Å². The van der Waals surface area contributed by atoms with Gasteiger partial charge in [0.1, 0.15) is 0 Å². The number of hydrogen-bond donors (Lipinski definition) is 0. The molecule has 0 unspecified atom stereocenters. The summed E-state index contributed by atoms with van der Waals surface area (Å²) in [6, 6.07) is 0. The van der Waals surface area contributed by atoms with E-state index in [9.17, 15) is 0 Å². The average Bonchev–Trinajstić information content (AvgIpc) is 2.84. The third-order valence-corrected chi connectivity index (χ3v) is 3.58. The maximum atomic E-state index is 5.65. The van der Waals surface area contributed by atoms with Crippen molar-refractivity contribution in [1.82, 2.24) is 0 Å². The molecular formula is C15H25ClO. The molecule has 0 radical (unpaired) electrons. The van der Waals surface area contributed by atoms with Crippen molar-refractivity contribution >= 4 is 11.6 Å². The molecule has 1 aliphatic rings. The SMILES string of the molecule is C/C(=C\CCl)CC/C=C(\C)CC[C@H]1OC1(C)C. The van der Waals surface area contributed by atoms with Gasteiger partial charge in [0, 0.05) is 5.88 Å². The molecule has 0 aromatic rings. The number of halogens is 1. The summed E-state index contributed by atoms with van der Waals surface area (Å²) in [6.45, 7) is 8.69. The lowest BCUT2D eigenvalue weighted by molar-refractivity contribution is 0.320. The molecule has 0 saturated carbocycles. The Hall–Kier alpha value is -0.270. The molecule has 0 aromatic carbocycles. The number of rotatable bonds is 7. The summed E-state index contributed by atoms with van der Waals surface area (Å²) < 4.78 is 5.58. The Labute approximate surface area is 111 Å². The molecule has 1 saturated heterocycles. The van der Waals surface area contributed by atoms with Crippen LogP contribution in [0.3, 0.4) is 0 Å². The number of allylic oxidation sites excluding steroid dienone is 4. The third-order valence-electron chi connectivity index (χ3n) is 3.42. The highest BCUT2D eigenvalue weighted by molar-refractivity contribution is 6.18. The smallest absolute Gasteiger partial charge is 0.0892 e. The zero-order chi connectivity index (χ0) is 12.9. The Morgan fingerprint density at radius 3 is 2.29 bits per heavy atom. The van der Waals surface area contributed by atoms with Crippen LogP contribution >= 0.6 is 11.6 Å². The van der Waals surface area contributed by atoms with E-state index in [1.54, 1.807) is 0 Å². The molecule has 0 bridgehead atoms. The minimum absolute atomic E-state index is 0.139. The van der Waals surface area contributed by atoms with E-state index in [-0.39, 0.29) is 5.60 Å². The summed E-state index contributed by atoms with van der Waals surface area (Å²) >= 11 is 5.65. The zero-order valence-corrected chi connectivity index (χ0v) is 12.3. The van der Waals surface area contributed by atoms with Crippen molar-refractivity contribution in [2.75, 3.05) is 5.88 Å². The van der Waals surface area contributed by atoms with Crippen LogP contribution in [-0.4, -0.2) is 17.6 Å². The lowest BCUT2D eigenvalue weighted by atomic mass is 10.0. The van der Waals surface area contributed by atoms with Crippen LogP contribution in [0.5, 0.6) is 0 Å². The molecule has 1 rings (SSSR count). The van der Waals surface area contributed by atoms with E-state index in [0.717, 1.165) is 25.7 Å². The van der Waals surface area contributed by atoms with Gasteiger partial charge in [-0.25, -0.2) is 0 Å². The third kappa shape index (κ3) is 5.74.